The van der Waals surface area contributed by atoms with Crippen molar-refractivity contribution >= 4 is 5.82 Å². The van der Waals surface area contributed by atoms with Gasteiger partial charge < -0.3 is 10.2 Å². The van der Waals surface area contributed by atoms with E-state index in [9.17, 15) is 0 Å². The maximum atomic E-state index is 4.65. The van der Waals surface area contributed by atoms with E-state index < -0.39 is 0 Å². The third kappa shape index (κ3) is 2.77. The molecule has 0 unspecified atom stereocenters. The summed E-state index contributed by atoms with van der Waals surface area (Å²) in [6, 6.07) is 8.38. The van der Waals surface area contributed by atoms with Crippen LogP contribution >= 0.6 is 0 Å². The van der Waals surface area contributed by atoms with Crippen molar-refractivity contribution in [3.8, 4) is 11.4 Å². The Morgan fingerprint density at radius 1 is 1.15 bits per heavy atom. The van der Waals surface area contributed by atoms with Gasteiger partial charge in [-0.25, -0.2) is 4.98 Å². The van der Waals surface area contributed by atoms with Crippen LogP contribution in [-0.2, 0) is 6.42 Å². The van der Waals surface area contributed by atoms with Gasteiger partial charge in [0.2, 0.25) is 0 Å². The summed E-state index contributed by atoms with van der Waals surface area (Å²) in [5.41, 5.74) is 2.34. The molecule has 3 rings (SSSR count). The van der Waals surface area contributed by atoms with Crippen LogP contribution in [0.4, 0.5) is 5.82 Å². The Balaban J connectivity index is 1.85. The fourth-order valence-electron chi connectivity index (χ4n) is 2.35. The number of hydrogen-bond donors (Lipinski definition) is 1. The van der Waals surface area contributed by atoms with Gasteiger partial charge in [0.05, 0.1) is 6.20 Å². The highest BCUT2D eigenvalue weighted by Gasteiger charge is 2.13. The standard InChI is InChI=1S/C15H19N5/c1-2-12-3-5-13(6-4-12)15-18-14(11-17-19-15)20-9-7-16-8-10-20/h3-6,11,16H,2,7-10H2,1H3. The van der Waals surface area contributed by atoms with Gasteiger partial charge in [0.15, 0.2) is 11.6 Å². The molecule has 1 aliphatic heterocycles. The zero-order chi connectivity index (χ0) is 13.8. The molecule has 5 nitrogen and oxygen atoms in total. The van der Waals surface area contributed by atoms with Gasteiger partial charge in [-0.05, 0) is 12.0 Å². The molecule has 5 heteroatoms. The van der Waals surface area contributed by atoms with Crippen LogP contribution in [0.1, 0.15) is 12.5 Å². The Bertz CT molecular complexity index is 561. The summed E-state index contributed by atoms with van der Waals surface area (Å²) in [6.07, 6.45) is 2.79. The Kier molecular flexibility index (Phi) is 3.87. The smallest absolute Gasteiger partial charge is 0.183 e. The lowest BCUT2D eigenvalue weighted by atomic mass is 10.1. The van der Waals surface area contributed by atoms with E-state index in [0.29, 0.717) is 5.82 Å². The minimum Gasteiger partial charge on any atom is -0.353 e. The lowest BCUT2D eigenvalue weighted by molar-refractivity contribution is 0.583. The summed E-state index contributed by atoms with van der Waals surface area (Å²) in [5.74, 6) is 1.61. The highest BCUT2D eigenvalue weighted by Crippen LogP contribution is 2.18. The highest BCUT2D eigenvalue weighted by atomic mass is 15.3. The van der Waals surface area contributed by atoms with Gasteiger partial charge in [-0.3, -0.25) is 0 Å². The van der Waals surface area contributed by atoms with Crippen LogP contribution in [0.15, 0.2) is 30.5 Å². The number of aromatic nitrogens is 3. The van der Waals surface area contributed by atoms with Crippen LogP contribution in [0.3, 0.4) is 0 Å². The molecule has 1 aliphatic rings. The minimum atomic E-state index is 0.698. The summed E-state index contributed by atoms with van der Waals surface area (Å²) in [7, 11) is 0. The first-order valence-corrected chi connectivity index (χ1v) is 7.11. The Hall–Kier alpha value is -2.01. The number of rotatable bonds is 3. The number of nitrogens with one attached hydrogen (secondary N) is 1. The van der Waals surface area contributed by atoms with Gasteiger partial charge in [0.25, 0.3) is 0 Å². The van der Waals surface area contributed by atoms with E-state index in [2.05, 4.69) is 56.6 Å². The second-order valence-electron chi connectivity index (χ2n) is 4.93. The predicted octanol–water partition coefficient (Wildman–Crippen LogP) is 1.51. The molecule has 2 aromatic rings. The molecule has 0 saturated carbocycles. The Labute approximate surface area is 119 Å². The molecule has 1 N–H and O–H groups in total. The van der Waals surface area contributed by atoms with Crippen molar-refractivity contribution in [1.29, 1.82) is 0 Å². The average Bonchev–Trinajstić information content (AvgIpc) is 2.56. The van der Waals surface area contributed by atoms with Gasteiger partial charge in [-0.1, -0.05) is 31.2 Å². The first-order valence-electron chi connectivity index (χ1n) is 7.11. The van der Waals surface area contributed by atoms with E-state index in [1.807, 2.05) is 0 Å². The van der Waals surface area contributed by atoms with Gasteiger partial charge in [-0.15, -0.1) is 5.10 Å². The second-order valence-corrected chi connectivity index (χ2v) is 4.93. The number of nitrogens with zero attached hydrogens (tertiary/aromatic N) is 4. The molecule has 0 atom stereocenters. The summed E-state index contributed by atoms with van der Waals surface area (Å²) < 4.78 is 0. The normalized spacial score (nSPS) is 15.3. The maximum Gasteiger partial charge on any atom is 0.183 e. The summed E-state index contributed by atoms with van der Waals surface area (Å²) in [5, 5.41) is 11.6. The number of aryl methyl sites for hydroxylation is 1. The molecule has 104 valence electrons. The van der Waals surface area contributed by atoms with Crippen molar-refractivity contribution in [2.75, 3.05) is 31.1 Å². The number of anilines is 1. The monoisotopic (exact) mass is 269 g/mol. The van der Waals surface area contributed by atoms with E-state index in [4.69, 9.17) is 0 Å². The molecule has 1 aromatic heterocycles. The fraction of sp³-hybridized carbons (Fsp3) is 0.400. The number of hydrogen-bond acceptors (Lipinski definition) is 5. The maximum absolute atomic E-state index is 4.65. The van der Waals surface area contributed by atoms with E-state index in [1.54, 1.807) is 6.20 Å². The van der Waals surface area contributed by atoms with Crippen molar-refractivity contribution in [3.05, 3.63) is 36.0 Å². The molecular weight excluding hydrogens is 250 g/mol. The number of piperazine rings is 1. The molecule has 20 heavy (non-hydrogen) atoms. The van der Waals surface area contributed by atoms with Crippen molar-refractivity contribution < 1.29 is 0 Å². The predicted molar refractivity (Wildman–Crippen MR) is 79.7 cm³/mol. The first-order chi connectivity index (χ1) is 9.86. The van der Waals surface area contributed by atoms with Crippen molar-refractivity contribution in [3.63, 3.8) is 0 Å². The average molecular weight is 269 g/mol. The van der Waals surface area contributed by atoms with Crippen molar-refractivity contribution in [1.82, 2.24) is 20.5 Å². The molecule has 2 heterocycles. The minimum absolute atomic E-state index is 0.698. The van der Waals surface area contributed by atoms with Crippen LogP contribution < -0.4 is 10.2 Å². The Morgan fingerprint density at radius 2 is 1.90 bits per heavy atom. The molecule has 1 saturated heterocycles. The highest BCUT2D eigenvalue weighted by molar-refractivity contribution is 5.57. The molecule has 0 aliphatic carbocycles. The Morgan fingerprint density at radius 3 is 2.60 bits per heavy atom. The first kappa shape index (κ1) is 13.0. The lowest BCUT2D eigenvalue weighted by Crippen LogP contribution is -2.44. The quantitative estimate of drug-likeness (QED) is 0.915. The lowest BCUT2D eigenvalue weighted by Gasteiger charge is -2.28. The molecule has 0 amide bonds. The molecule has 1 aromatic carbocycles. The van der Waals surface area contributed by atoms with Crippen LogP contribution in [-0.4, -0.2) is 41.4 Å². The van der Waals surface area contributed by atoms with E-state index in [1.165, 1.54) is 5.56 Å². The van der Waals surface area contributed by atoms with E-state index in [-0.39, 0.29) is 0 Å². The van der Waals surface area contributed by atoms with Crippen LogP contribution in [0.25, 0.3) is 11.4 Å². The van der Waals surface area contributed by atoms with Crippen molar-refractivity contribution in [2.24, 2.45) is 0 Å². The molecular formula is C15H19N5. The fourth-order valence-corrected chi connectivity index (χ4v) is 2.35. The van der Waals surface area contributed by atoms with Gasteiger partial charge in [0, 0.05) is 31.7 Å². The van der Waals surface area contributed by atoms with E-state index >= 15 is 0 Å². The second kappa shape index (κ2) is 5.96. The van der Waals surface area contributed by atoms with Gasteiger partial charge in [-0.2, -0.15) is 5.10 Å². The van der Waals surface area contributed by atoms with Crippen LogP contribution in [0, 0.1) is 0 Å². The molecule has 0 bridgehead atoms. The molecule has 0 radical (unpaired) electrons. The van der Waals surface area contributed by atoms with Crippen LogP contribution in [0.5, 0.6) is 0 Å². The van der Waals surface area contributed by atoms with Gasteiger partial charge in [0.1, 0.15) is 0 Å². The largest absolute Gasteiger partial charge is 0.353 e. The number of benzene rings is 1. The molecule has 0 spiro atoms. The molecule has 1 fully saturated rings. The summed E-state index contributed by atoms with van der Waals surface area (Å²) >= 11 is 0. The zero-order valence-corrected chi connectivity index (χ0v) is 11.7. The zero-order valence-electron chi connectivity index (χ0n) is 11.7. The summed E-state index contributed by atoms with van der Waals surface area (Å²) in [6.45, 7) is 6.06. The third-order valence-corrected chi connectivity index (χ3v) is 3.61. The topological polar surface area (TPSA) is 53.9 Å². The third-order valence-electron chi connectivity index (χ3n) is 3.61. The SMILES string of the molecule is CCc1ccc(-c2nncc(N3CCNCC3)n2)cc1. The van der Waals surface area contributed by atoms with Crippen LogP contribution in [0.2, 0.25) is 0 Å². The van der Waals surface area contributed by atoms with E-state index in [0.717, 1.165) is 44.0 Å². The summed E-state index contributed by atoms with van der Waals surface area (Å²) in [4.78, 5) is 6.89. The van der Waals surface area contributed by atoms with Gasteiger partial charge >= 0.3 is 0 Å². The van der Waals surface area contributed by atoms with Crippen molar-refractivity contribution in [2.45, 2.75) is 13.3 Å².